The van der Waals surface area contributed by atoms with Crippen LogP contribution in [0.5, 0.6) is 0 Å². The molecule has 96 valence electrons. The van der Waals surface area contributed by atoms with Gasteiger partial charge in [-0.25, -0.2) is 0 Å². The highest BCUT2D eigenvalue weighted by molar-refractivity contribution is 5.22. The number of nitrogens with one attached hydrogen (secondary N) is 1. The molecule has 0 atom stereocenters. The molecule has 3 nitrogen and oxygen atoms in total. The molecule has 0 bridgehead atoms. The van der Waals surface area contributed by atoms with Crippen molar-refractivity contribution in [1.29, 1.82) is 0 Å². The van der Waals surface area contributed by atoms with E-state index in [0.717, 1.165) is 24.6 Å². The van der Waals surface area contributed by atoms with Crippen LogP contribution in [0.1, 0.15) is 22.6 Å². The molecule has 0 saturated heterocycles. The average molecular weight is 245 g/mol. The molecule has 3 heteroatoms. The predicted octanol–water partition coefficient (Wildman–Crippen LogP) is 3.02. The number of methoxy groups -OCH3 is 1. The quantitative estimate of drug-likeness (QED) is 0.849. The minimum Gasteiger partial charge on any atom is -0.465 e. The molecule has 0 saturated carbocycles. The summed E-state index contributed by atoms with van der Waals surface area (Å²) in [7, 11) is 1.71. The molecule has 0 unspecified atom stereocenters. The van der Waals surface area contributed by atoms with Gasteiger partial charge in [0.1, 0.15) is 11.5 Å². The fourth-order valence-electron chi connectivity index (χ4n) is 1.83. The Morgan fingerprint density at radius 2 is 1.72 bits per heavy atom. The van der Waals surface area contributed by atoms with Crippen molar-refractivity contribution in [2.45, 2.75) is 26.6 Å². The Balaban J connectivity index is 1.79. The largest absolute Gasteiger partial charge is 0.465 e. The molecule has 2 aromatic rings. The van der Waals surface area contributed by atoms with Crippen molar-refractivity contribution in [2.75, 3.05) is 7.11 Å². The molecule has 1 aromatic heterocycles. The summed E-state index contributed by atoms with van der Waals surface area (Å²) in [5, 5.41) is 3.36. The Hall–Kier alpha value is -1.58. The number of furan rings is 1. The van der Waals surface area contributed by atoms with Gasteiger partial charge in [0.05, 0.1) is 13.2 Å². The van der Waals surface area contributed by atoms with Crippen molar-refractivity contribution in [3.8, 4) is 0 Å². The molecular weight excluding hydrogens is 226 g/mol. The van der Waals surface area contributed by atoms with E-state index >= 15 is 0 Å². The van der Waals surface area contributed by atoms with Crippen molar-refractivity contribution >= 4 is 0 Å². The van der Waals surface area contributed by atoms with Gasteiger partial charge in [0.2, 0.25) is 0 Å². The summed E-state index contributed by atoms with van der Waals surface area (Å²) in [4.78, 5) is 0. The highest BCUT2D eigenvalue weighted by Crippen LogP contribution is 2.07. The SMILES string of the molecule is COCc1ccc(CNCc2ccc(C)o2)cc1. The number of ether oxygens (including phenoxy) is 1. The molecular formula is C15H19NO2. The van der Waals surface area contributed by atoms with E-state index in [1.54, 1.807) is 7.11 Å². The zero-order valence-corrected chi connectivity index (χ0v) is 10.9. The van der Waals surface area contributed by atoms with E-state index in [0.29, 0.717) is 6.61 Å². The zero-order valence-electron chi connectivity index (χ0n) is 10.9. The Morgan fingerprint density at radius 3 is 2.33 bits per heavy atom. The summed E-state index contributed by atoms with van der Waals surface area (Å²) >= 11 is 0. The van der Waals surface area contributed by atoms with Crippen LogP contribution in [0.15, 0.2) is 40.8 Å². The summed E-state index contributed by atoms with van der Waals surface area (Å²) < 4.78 is 10.6. The van der Waals surface area contributed by atoms with Crippen LogP contribution >= 0.6 is 0 Å². The third-order valence-electron chi connectivity index (χ3n) is 2.76. The van der Waals surface area contributed by atoms with Crippen LogP contribution in [-0.2, 0) is 24.4 Å². The monoisotopic (exact) mass is 245 g/mol. The van der Waals surface area contributed by atoms with Gasteiger partial charge in [-0.1, -0.05) is 24.3 Å². The van der Waals surface area contributed by atoms with Crippen LogP contribution in [0.2, 0.25) is 0 Å². The second kappa shape index (κ2) is 6.38. The van der Waals surface area contributed by atoms with Gasteiger partial charge in [0, 0.05) is 13.7 Å². The summed E-state index contributed by atoms with van der Waals surface area (Å²) in [6, 6.07) is 12.4. The number of hydrogen-bond acceptors (Lipinski definition) is 3. The predicted molar refractivity (Wildman–Crippen MR) is 71.1 cm³/mol. The van der Waals surface area contributed by atoms with Gasteiger partial charge in [-0.2, -0.15) is 0 Å². The van der Waals surface area contributed by atoms with Crippen LogP contribution in [0.4, 0.5) is 0 Å². The van der Waals surface area contributed by atoms with Crippen LogP contribution in [0.25, 0.3) is 0 Å². The number of aryl methyl sites for hydroxylation is 1. The van der Waals surface area contributed by atoms with Crippen molar-refractivity contribution < 1.29 is 9.15 Å². The topological polar surface area (TPSA) is 34.4 Å². The fourth-order valence-corrected chi connectivity index (χ4v) is 1.83. The average Bonchev–Trinajstić information content (AvgIpc) is 2.78. The first-order chi connectivity index (χ1) is 8.78. The molecule has 0 aliphatic carbocycles. The molecule has 0 fully saturated rings. The fraction of sp³-hybridized carbons (Fsp3) is 0.333. The minimum atomic E-state index is 0.666. The molecule has 1 N–H and O–H groups in total. The summed E-state index contributed by atoms with van der Waals surface area (Å²) in [5.41, 5.74) is 2.46. The van der Waals surface area contributed by atoms with Crippen LogP contribution in [0.3, 0.4) is 0 Å². The Bertz CT molecular complexity index is 473. The maximum absolute atomic E-state index is 5.49. The second-order valence-electron chi connectivity index (χ2n) is 4.37. The lowest BCUT2D eigenvalue weighted by Gasteiger charge is -2.05. The summed E-state index contributed by atoms with van der Waals surface area (Å²) in [5.74, 6) is 1.93. The number of rotatable bonds is 6. The van der Waals surface area contributed by atoms with Crippen LogP contribution < -0.4 is 5.32 Å². The molecule has 1 aromatic carbocycles. The van der Waals surface area contributed by atoms with Crippen molar-refractivity contribution in [3.05, 3.63) is 59.0 Å². The number of hydrogen-bond donors (Lipinski definition) is 1. The van der Waals surface area contributed by atoms with E-state index in [-0.39, 0.29) is 0 Å². The lowest BCUT2D eigenvalue weighted by molar-refractivity contribution is 0.185. The zero-order chi connectivity index (χ0) is 12.8. The lowest BCUT2D eigenvalue weighted by atomic mass is 10.1. The number of benzene rings is 1. The molecule has 0 amide bonds. The molecule has 0 radical (unpaired) electrons. The van der Waals surface area contributed by atoms with Gasteiger partial charge in [-0.3, -0.25) is 0 Å². The molecule has 0 aliphatic rings. The Labute approximate surface area is 108 Å². The third-order valence-corrected chi connectivity index (χ3v) is 2.76. The van der Waals surface area contributed by atoms with Gasteiger partial charge in [0.15, 0.2) is 0 Å². The Morgan fingerprint density at radius 1 is 1.00 bits per heavy atom. The van der Waals surface area contributed by atoms with Gasteiger partial charge >= 0.3 is 0 Å². The van der Waals surface area contributed by atoms with E-state index in [4.69, 9.17) is 9.15 Å². The van der Waals surface area contributed by atoms with Crippen molar-refractivity contribution in [2.24, 2.45) is 0 Å². The first kappa shape index (κ1) is 12.9. The first-order valence-corrected chi connectivity index (χ1v) is 6.10. The highest BCUT2D eigenvalue weighted by atomic mass is 16.5. The summed E-state index contributed by atoms with van der Waals surface area (Å²) in [6.45, 7) is 4.22. The Kier molecular flexibility index (Phi) is 4.56. The van der Waals surface area contributed by atoms with Gasteiger partial charge in [-0.05, 0) is 30.2 Å². The van der Waals surface area contributed by atoms with E-state index in [1.807, 2.05) is 19.1 Å². The second-order valence-corrected chi connectivity index (χ2v) is 4.37. The van der Waals surface area contributed by atoms with Gasteiger partial charge < -0.3 is 14.5 Å². The molecule has 0 spiro atoms. The smallest absolute Gasteiger partial charge is 0.117 e. The van der Waals surface area contributed by atoms with Crippen molar-refractivity contribution in [1.82, 2.24) is 5.32 Å². The normalized spacial score (nSPS) is 10.8. The van der Waals surface area contributed by atoms with E-state index in [2.05, 4.69) is 29.6 Å². The van der Waals surface area contributed by atoms with Crippen LogP contribution in [0, 0.1) is 6.92 Å². The highest BCUT2D eigenvalue weighted by Gasteiger charge is 1.98. The minimum absolute atomic E-state index is 0.666. The van der Waals surface area contributed by atoms with E-state index in [9.17, 15) is 0 Å². The van der Waals surface area contributed by atoms with Crippen LogP contribution in [-0.4, -0.2) is 7.11 Å². The standard InChI is InChI=1S/C15H19NO2/c1-12-3-8-15(18-12)10-16-9-13-4-6-14(7-5-13)11-17-2/h3-8,16H,9-11H2,1-2H3. The van der Waals surface area contributed by atoms with Crippen molar-refractivity contribution in [3.63, 3.8) is 0 Å². The third kappa shape index (κ3) is 3.72. The summed E-state index contributed by atoms with van der Waals surface area (Å²) in [6.07, 6.45) is 0. The van der Waals surface area contributed by atoms with E-state index in [1.165, 1.54) is 11.1 Å². The molecule has 1 heterocycles. The van der Waals surface area contributed by atoms with Gasteiger partial charge in [0.25, 0.3) is 0 Å². The maximum Gasteiger partial charge on any atom is 0.117 e. The van der Waals surface area contributed by atoms with E-state index < -0.39 is 0 Å². The molecule has 18 heavy (non-hydrogen) atoms. The first-order valence-electron chi connectivity index (χ1n) is 6.10. The maximum atomic E-state index is 5.49. The molecule has 0 aliphatic heterocycles. The van der Waals surface area contributed by atoms with Gasteiger partial charge in [-0.15, -0.1) is 0 Å². The lowest BCUT2D eigenvalue weighted by Crippen LogP contribution is -2.12. The molecule has 2 rings (SSSR count).